The van der Waals surface area contributed by atoms with E-state index in [4.69, 9.17) is 15.2 Å². The second-order valence-electron chi connectivity index (χ2n) is 6.29. The molecule has 118 valence electrons. The Morgan fingerprint density at radius 1 is 1.19 bits per heavy atom. The summed E-state index contributed by atoms with van der Waals surface area (Å²) in [6, 6.07) is 5.27. The van der Waals surface area contributed by atoms with Crippen molar-refractivity contribution in [2.24, 2.45) is 17.1 Å². The summed E-state index contributed by atoms with van der Waals surface area (Å²) in [5.41, 5.74) is 6.43. The second-order valence-corrected chi connectivity index (χ2v) is 6.29. The molecule has 0 aliphatic heterocycles. The third kappa shape index (κ3) is 5.63. The number of ether oxygens (including phenoxy) is 2. The van der Waals surface area contributed by atoms with Crippen LogP contribution < -0.4 is 20.5 Å². The highest BCUT2D eigenvalue weighted by Gasteiger charge is 2.24. The summed E-state index contributed by atoms with van der Waals surface area (Å²) < 4.78 is 10.4. The molecule has 0 aliphatic carbocycles. The summed E-state index contributed by atoms with van der Waals surface area (Å²) in [6.07, 6.45) is 0.733. The van der Waals surface area contributed by atoms with E-state index in [1.54, 1.807) is 32.4 Å². The molecule has 1 rings (SSSR count). The molecule has 0 saturated heterocycles. The predicted molar refractivity (Wildman–Crippen MR) is 84.8 cm³/mol. The molecular weight excluding hydrogens is 268 g/mol. The smallest absolute Gasteiger partial charge is 0.228 e. The topological polar surface area (TPSA) is 73.6 Å². The standard InChI is InChI=1S/C16H26N2O3/c1-16(2,3)9-11(10-17)15(19)18-12-6-13(20-4)8-14(7-12)21-5/h6-8,11H,9-10,17H2,1-5H3,(H,18,19). The number of methoxy groups -OCH3 is 2. The molecule has 1 aromatic carbocycles. The molecule has 0 aromatic heterocycles. The Morgan fingerprint density at radius 2 is 1.71 bits per heavy atom. The maximum atomic E-state index is 12.3. The van der Waals surface area contributed by atoms with Gasteiger partial charge in [0.25, 0.3) is 0 Å². The van der Waals surface area contributed by atoms with Gasteiger partial charge in [0.05, 0.1) is 20.1 Å². The lowest BCUT2D eigenvalue weighted by atomic mass is 9.84. The van der Waals surface area contributed by atoms with Crippen molar-refractivity contribution in [3.05, 3.63) is 18.2 Å². The molecule has 1 aromatic rings. The van der Waals surface area contributed by atoms with Crippen LogP contribution in [-0.4, -0.2) is 26.7 Å². The van der Waals surface area contributed by atoms with Crippen molar-refractivity contribution < 1.29 is 14.3 Å². The van der Waals surface area contributed by atoms with Crippen LogP contribution in [0.3, 0.4) is 0 Å². The van der Waals surface area contributed by atoms with Crippen LogP contribution in [0.1, 0.15) is 27.2 Å². The zero-order valence-corrected chi connectivity index (χ0v) is 13.5. The fraction of sp³-hybridized carbons (Fsp3) is 0.562. The average molecular weight is 294 g/mol. The van der Waals surface area contributed by atoms with Crippen molar-refractivity contribution >= 4 is 11.6 Å². The lowest BCUT2D eigenvalue weighted by Gasteiger charge is -2.24. The van der Waals surface area contributed by atoms with Gasteiger partial charge >= 0.3 is 0 Å². The Morgan fingerprint density at radius 3 is 2.10 bits per heavy atom. The number of anilines is 1. The van der Waals surface area contributed by atoms with Crippen molar-refractivity contribution in [3.63, 3.8) is 0 Å². The van der Waals surface area contributed by atoms with Crippen LogP contribution in [0, 0.1) is 11.3 Å². The SMILES string of the molecule is COc1cc(NC(=O)C(CN)CC(C)(C)C)cc(OC)c1. The van der Waals surface area contributed by atoms with E-state index in [9.17, 15) is 4.79 Å². The van der Waals surface area contributed by atoms with Crippen molar-refractivity contribution in [1.82, 2.24) is 0 Å². The van der Waals surface area contributed by atoms with Crippen molar-refractivity contribution in [2.75, 3.05) is 26.1 Å². The first-order valence-corrected chi connectivity index (χ1v) is 7.03. The maximum Gasteiger partial charge on any atom is 0.228 e. The molecule has 1 atom stereocenters. The molecular formula is C16H26N2O3. The summed E-state index contributed by atoms with van der Waals surface area (Å²) in [7, 11) is 3.14. The van der Waals surface area contributed by atoms with E-state index in [0.29, 0.717) is 23.7 Å². The van der Waals surface area contributed by atoms with Gasteiger partial charge in [0, 0.05) is 30.4 Å². The van der Waals surface area contributed by atoms with Gasteiger partial charge in [-0.1, -0.05) is 20.8 Å². The molecule has 0 aliphatic rings. The Labute approximate surface area is 126 Å². The first kappa shape index (κ1) is 17.3. The molecule has 0 spiro atoms. The van der Waals surface area contributed by atoms with Gasteiger partial charge in [0.1, 0.15) is 11.5 Å². The first-order valence-electron chi connectivity index (χ1n) is 7.03. The van der Waals surface area contributed by atoms with Crippen molar-refractivity contribution in [2.45, 2.75) is 27.2 Å². The molecule has 0 fully saturated rings. The summed E-state index contributed by atoms with van der Waals surface area (Å²) in [4.78, 5) is 12.3. The molecule has 1 amide bonds. The second kappa shape index (κ2) is 7.31. The van der Waals surface area contributed by atoms with E-state index in [0.717, 1.165) is 6.42 Å². The molecule has 21 heavy (non-hydrogen) atoms. The fourth-order valence-electron chi connectivity index (χ4n) is 2.15. The average Bonchev–Trinajstić information content (AvgIpc) is 2.43. The Kier molecular flexibility index (Phi) is 6.03. The van der Waals surface area contributed by atoms with Gasteiger partial charge in [0.15, 0.2) is 0 Å². The zero-order chi connectivity index (χ0) is 16.0. The van der Waals surface area contributed by atoms with Crippen LogP contribution in [-0.2, 0) is 4.79 Å². The minimum Gasteiger partial charge on any atom is -0.497 e. The van der Waals surface area contributed by atoms with E-state index < -0.39 is 0 Å². The molecule has 5 nitrogen and oxygen atoms in total. The molecule has 0 bridgehead atoms. The fourth-order valence-corrected chi connectivity index (χ4v) is 2.15. The van der Waals surface area contributed by atoms with Crippen LogP contribution in [0.4, 0.5) is 5.69 Å². The Hall–Kier alpha value is -1.75. The number of benzene rings is 1. The monoisotopic (exact) mass is 294 g/mol. The van der Waals surface area contributed by atoms with Gasteiger partial charge in [-0.25, -0.2) is 0 Å². The number of nitrogens with one attached hydrogen (secondary N) is 1. The lowest BCUT2D eigenvalue weighted by Crippen LogP contribution is -2.32. The number of amides is 1. The number of hydrogen-bond donors (Lipinski definition) is 2. The third-order valence-corrected chi connectivity index (χ3v) is 3.13. The minimum absolute atomic E-state index is 0.0491. The van der Waals surface area contributed by atoms with Crippen molar-refractivity contribution in [1.29, 1.82) is 0 Å². The van der Waals surface area contributed by atoms with Gasteiger partial charge < -0.3 is 20.5 Å². The number of carbonyl (C=O) groups is 1. The number of hydrogen-bond acceptors (Lipinski definition) is 4. The van der Waals surface area contributed by atoms with E-state index in [1.165, 1.54) is 0 Å². The molecule has 0 heterocycles. The van der Waals surface area contributed by atoms with E-state index in [1.807, 2.05) is 0 Å². The van der Waals surface area contributed by atoms with Gasteiger partial charge in [-0.3, -0.25) is 4.79 Å². The Bertz CT molecular complexity index is 459. The molecule has 0 radical (unpaired) electrons. The Balaban J connectivity index is 2.86. The zero-order valence-electron chi connectivity index (χ0n) is 13.5. The molecule has 3 N–H and O–H groups in total. The van der Waals surface area contributed by atoms with Crippen LogP contribution >= 0.6 is 0 Å². The molecule has 1 unspecified atom stereocenters. The van der Waals surface area contributed by atoms with E-state index in [2.05, 4.69) is 26.1 Å². The number of nitrogens with two attached hydrogens (primary N) is 1. The van der Waals surface area contributed by atoms with E-state index in [-0.39, 0.29) is 17.2 Å². The summed E-state index contributed by atoms with van der Waals surface area (Å²) in [5, 5.41) is 2.89. The predicted octanol–water partition coefficient (Wildman–Crippen LogP) is 2.65. The highest BCUT2D eigenvalue weighted by molar-refractivity contribution is 5.93. The van der Waals surface area contributed by atoms with Crippen LogP contribution in [0.25, 0.3) is 0 Å². The van der Waals surface area contributed by atoms with Gasteiger partial charge in [0.2, 0.25) is 5.91 Å². The van der Waals surface area contributed by atoms with Crippen LogP contribution in [0.15, 0.2) is 18.2 Å². The minimum atomic E-state index is -0.220. The van der Waals surface area contributed by atoms with Gasteiger partial charge in [-0.05, 0) is 11.8 Å². The third-order valence-electron chi connectivity index (χ3n) is 3.13. The van der Waals surface area contributed by atoms with E-state index >= 15 is 0 Å². The summed E-state index contributed by atoms with van der Waals surface area (Å²) in [5.74, 6) is 0.958. The van der Waals surface area contributed by atoms with Gasteiger partial charge in [-0.2, -0.15) is 0 Å². The van der Waals surface area contributed by atoms with Crippen LogP contribution in [0.2, 0.25) is 0 Å². The largest absolute Gasteiger partial charge is 0.497 e. The highest BCUT2D eigenvalue weighted by atomic mass is 16.5. The summed E-state index contributed by atoms with van der Waals surface area (Å²) >= 11 is 0. The van der Waals surface area contributed by atoms with Gasteiger partial charge in [-0.15, -0.1) is 0 Å². The quantitative estimate of drug-likeness (QED) is 0.846. The first-order chi connectivity index (χ1) is 9.78. The lowest BCUT2D eigenvalue weighted by molar-refractivity contribution is -0.120. The maximum absolute atomic E-state index is 12.3. The van der Waals surface area contributed by atoms with Crippen molar-refractivity contribution in [3.8, 4) is 11.5 Å². The van der Waals surface area contributed by atoms with Crippen LogP contribution in [0.5, 0.6) is 11.5 Å². The number of rotatable bonds is 6. The normalized spacial score (nSPS) is 12.7. The molecule has 5 heteroatoms. The number of carbonyl (C=O) groups excluding carboxylic acids is 1. The highest BCUT2D eigenvalue weighted by Crippen LogP contribution is 2.28. The summed E-state index contributed by atoms with van der Waals surface area (Å²) in [6.45, 7) is 6.61. The molecule has 0 saturated carbocycles.